The smallest absolute Gasteiger partial charge is 0.0459 e. The summed E-state index contributed by atoms with van der Waals surface area (Å²) in [6.45, 7) is 5.25. The van der Waals surface area contributed by atoms with Gasteiger partial charge in [0, 0.05) is 23.8 Å². The van der Waals surface area contributed by atoms with Gasteiger partial charge in [0.25, 0.3) is 0 Å². The quantitative estimate of drug-likeness (QED) is 0.893. The van der Waals surface area contributed by atoms with Crippen LogP contribution in [0.25, 0.3) is 0 Å². The summed E-state index contributed by atoms with van der Waals surface area (Å²) in [5.74, 6) is 0.845. The van der Waals surface area contributed by atoms with Gasteiger partial charge < -0.3 is 10.6 Å². The molecule has 1 heterocycles. The molecule has 0 aromatic heterocycles. The number of rotatable bonds is 4. The van der Waals surface area contributed by atoms with Gasteiger partial charge in [-0.1, -0.05) is 31.0 Å². The van der Waals surface area contributed by atoms with Crippen molar-refractivity contribution < 1.29 is 0 Å². The maximum Gasteiger partial charge on any atom is 0.0459 e. The topological polar surface area (TPSA) is 29.3 Å². The first-order valence-electron chi connectivity index (χ1n) is 6.48. The molecule has 1 aromatic rings. The molecule has 3 heteroatoms. The minimum absolute atomic E-state index is 0.653. The molecule has 94 valence electrons. The molecule has 2 N–H and O–H groups in total. The minimum atomic E-state index is 0.653. The summed E-state index contributed by atoms with van der Waals surface area (Å²) < 4.78 is 0. The van der Waals surface area contributed by atoms with E-state index in [-0.39, 0.29) is 0 Å². The van der Waals surface area contributed by atoms with E-state index in [1.807, 2.05) is 0 Å². The molecule has 1 aliphatic heterocycles. The average molecular weight is 253 g/mol. The van der Waals surface area contributed by atoms with Crippen molar-refractivity contribution in [3.63, 3.8) is 0 Å². The molecule has 1 fully saturated rings. The maximum atomic E-state index is 6.27. The Kier molecular flexibility index (Phi) is 4.30. The minimum Gasteiger partial charge on any atom is -0.371 e. The number of hydrogen-bond donors (Lipinski definition) is 1. The van der Waals surface area contributed by atoms with Crippen LogP contribution < -0.4 is 10.6 Å². The molecule has 1 unspecified atom stereocenters. The van der Waals surface area contributed by atoms with Crippen LogP contribution in [0, 0.1) is 5.92 Å². The molecule has 0 spiro atoms. The molecule has 0 aliphatic carbocycles. The number of nitrogens with zero attached hydrogens (tertiary/aromatic N) is 1. The lowest BCUT2D eigenvalue weighted by atomic mass is 10.1. The monoisotopic (exact) mass is 252 g/mol. The number of anilines is 1. The number of benzene rings is 1. The molecule has 0 radical (unpaired) electrons. The highest BCUT2D eigenvalue weighted by atomic mass is 35.5. The van der Waals surface area contributed by atoms with Crippen molar-refractivity contribution in [1.29, 1.82) is 0 Å². The summed E-state index contributed by atoms with van der Waals surface area (Å²) in [5, 5.41) is 0.855. The average Bonchev–Trinajstić information content (AvgIpc) is 2.80. The van der Waals surface area contributed by atoms with Crippen molar-refractivity contribution in [3.05, 3.63) is 28.8 Å². The molecular formula is C14H21ClN2. The van der Waals surface area contributed by atoms with Crippen LogP contribution in [0.3, 0.4) is 0 Å². The van der Waals surface area contributed by atoms with Crippen molar-refractivity contribution in [3.8, 4) is 0 Å². The summed E-state index contributed by atoms with van der Waals surface area (Å²) in [7, 11) is 0. The van der Waals surface area contributed by atoms with E-state index in [1.165, 1.54) is 25.1 Å². The highest BCUT2D eigenvalue weighted by Gasteiger charge is 2.21. The predicted octanol–water partition coefficient (Wildman–Crippen LogP) is 3.08. The van der Waals surface area contributed by atoms with Crippen molar-refractivity contribution >= 4 is 17.3 Å². The van der Waals surface area contributed by atoms with Gasteiger partial charge in [-0.15, -0.1) is 0 Å². The summed E-state index contributed by atoms with van der Waals surface area (Å²) in [6.07, 6.45) is 3.44. The molecule has 17 heavy (non-hydrogen) atoms. The Balaban J connectivity index is 2.09. The highest BCUT2D eigenvalue weighted by molar-refractivity contribution is 6.31. The van der Waals surface area contributed by atoms with Crippen molar-refractivity contribution in [2.45, 2.75) is 26.2 Å². The van der Waals surface area contributed by atoms with Crippen LogP contribution in [-0.4, -0.2) is 19.6 Å². The van der Waals surface area contributed by atoms with Crippen molar-refractivity contribution in [2.24, 2.45) is 11.7 Å². The zero-order valence-corrected chi connectivity index (χ0v) is 11.2. The molecule has 1 saturated heterocycles. The van der Waals surface area contributed by atoms with Gasteiger partial charge in [-0.05, 0) is 43.0 Å². The fourth-order valence-corrected chi connectivity index (χ4v) is 2.76. The molecule has 1 aromatic carbocycles. The lowest BCUT2D eigenvalue weighted by molar-refractivity contribution is 0.569. The number of halogens is 1. The van der Waals surface area contributed by atoms with Crippen LogP contribution in [0.4, 0.5) is 5.69 Å². The Morgan fingerprint density at radius 2 is 2.29 bits per heavy atom. The molecule has 2 rings (SSSR count). The fourth-order valence-electron chi connectivity index (χ4n) is 2.49. The van der Waals surface area contributed by atoms with E-state index >= 15 is 0 Å². The largest absolute Gasteiger partial charge is 0.371 e. The van der Waals surface area contributed by atoms with E-state index in [9.17, 15) is 0 Å². The van der Waals surface area contributed by atoms with Gasteiger partial charge in [-0.25, -0.2) is 0 Å². The van der Waals surface area contributed by atoms with Gasteiger partial charge in [0.05, 0.1) is 0 Å². The zero-order valence-electron chi connectivity index (χ0n) is 10.5. The third-order valence-electron chi connectivity index (χ3n) is 3.68. The Morgan fingerprint density at radius 3 is 2.88 bits per heavy atom. The van der Waals surface area contributed by atoms with Crippen LogP contribution in [0.15, 0.2) is 18.2 Å². The molecule has 0 bridgehead atoms. The van der Waals surface area contributed by atoms with Gasteiger partial charge in [0.1, 0.15) is 0 Å². The third-order valence-corrected chi connectivity index (χ3v) is 4.03. The summed E-state index contributed by atoms with van der Waals surface area (Å²) in [6, 6.07) is 6.38. The van der Waals surface area contributed by atoms with Crippen LogP contribution in [0.5, 0.6) is 0 Å². The van der Waals surface area contributed by atoms with Crippen molar-refractivity contribution in [2.75, 3.05) is 24.5 Å². The SMILES string of the molecule is CCC1CCN(c2ccc(CCN)c(Cl)c2)C1. The third kappa shape index (κ3) is 2.93. The molecule has 2 nitrogen and oxygen atoms in total. The second-order valence-electron chi connectivity index (χ2n) is 4.82. The maximum absolute atomic E-state index is 6.27. The molecular weight excluding hydrogens is 232 g/mol. The standard InChI is InChI=1S/C14H21ClN2/c1-2-11-6-8-17(10-11)13-4-3-12(5-7-16)14(15)9-13/h3-4,9,11H,2,5-8,10,16H2,1H3. The second-order valence-corrected chi connectivity index (χ2v) is 5.23. The molecule has 0 amide bonds. The first kappa shape index (κ1) is 12.7. The predicted molar refractivity (Wildman–Crippen MR) is 74.8 cm³/mol. The van der Waals surface area contributed by atoms with Crippen LogP contribution in [-0.2, 0) is 6.42 Å². The van der Waals surface area contributed by atoms with E-state index in [1.54, 1.807) is 0 Å². The van der Waals surface area contributed by atoms with E-state index in [4.69, 9.17) is 17.3 Å². The highest BCUT2D eigenvalue weighted by Crippen LogP contribution is 2.29. The lowest BCUT2D eigenvalue weighted by Crippen LogP contribution is -2.19. The van der Waals surface area contributed by atoms with E-state index in [0.29, 0.717) is 6.54 Å². The van der Waals surface area contributed by atoms with E-state index < -0.39 is 0 Å². The van der Waals surface area contributed by atoms with E-state index in [2.05, 4.69) is 30.0 Å². The Bertz CT molecular complexity index is 378. The second kappa shape index (κ2) is 5.74. The van der Waals surface area contributed by atoms with E-state index in [0.717, 1.165) is 29.5 Å². The Hall–Kier alpha value is -0.730. The molecule has 1 aliphatic rings. The summed E-state index contributed by atoms with van der Waals surface area (Å²) in [5.41, 5.74) is 7.97. The first-order valence-corrected chi connectivity index (χ1v) is 6.85. The van der Waals surface area contributed by atoms with Crippen LogP contribution in [0.2, 0.25) is 5.02 Å². The fraction of sp³-hybridized carbons (Fsp3) is 0.571. The Labute approximate surface area is 109 Å². The van der Waals surface area contributed by atoms with Gasteiger partial charge in [0.2, 0.25) is 0 Å². The Morgan fingerprint density at radius 1 is 1.47 bits per heavy atom. The van der Waals surface area contributed by atoms with Gasteiger partial charge in [-0.2, -0.15) is 0 Å². The van der Waals surface area contributed by atoms with Crippen molar-refractivity contribution in [1.82, 2.24) is 0 Å². The van der Waals surface area contributed by atoms with Gasteiger partial charge in [-0.3, -0.25) is 0 Å². The first-order chi connectivity index (χ1) is 8.24. The molecule has 0 saturated carbocycles. The number of nitrogens with two attached hydrogens (primary N) is 1. The zero-order chi connectivity index (χ0) is 12.3. The number of hydrogen-bond acceptors (Lipinski definition) is 2. The normalized spacial score (nSPS) is 19.9. The summed E-state index contributed by atoms with van der Waals surface area (Å²) >= 11 is 6.27. The summed E-state index contributed by atoms with van der Waals surface area (Å²) in [4.78, 5) is 2.44. The lowest BCUT2D eigenvalue weighted by Gasteiger charge is -2.19. The van der Waals surface area contributed by atoms with Gasteiger partial charge in [0.15, 0.2) is 0 Å². The molecule has 1 atom stereocenters. The van der Waals surface area contributed by atoms with Crippen LogP contribution in [0.1, 0.15) is 25.3 Å². The van der Waals surface area contributed by atoms with Crippen LogP contribution >= 0.6 is 11.6 Å². The van der Waals surface area contributed by atoms with Gasteiger partial charge >= 0.3 is 0 Å².